The second-order valence-electron chi connectivity index (χ2n) is 7.90. The molecule has 1 aliphatic heterocycles. The van der Waals surface area contributed by atoms with E-state index in [9.17, 15) is 14.4 Å². The van der Waals surface area contributed by atoms with Gasteiger partial charge in [0, 0.05) is 10.7 Å². The van der Waals surface area contributed by atoms with E-state index in [1.807, 2.05) is 20.8 Å². The van der Waals surface area contributed by atoms with Crippen LogP contribution >= 0.6 is 23.4 Å². The Morgan fingerprint density at radius 2 is 1.94 bits per heavy atom. The number of methoxy groups -OCH3 is 1. The molecule has 0 atom stereocenters. The molecule has 0 bridgehead atoms. The lowest BCUT2D eigenvalue weighted by molar-refractivity contribution is -0.127. The number of thioether (sulfide) groups is 1. The highest BCUT2D eigenvalue weighted by Crippen LogP contribution is 2.34. The Kier molecular flexibility index (Phi) is 8.05. The molecule has 33 heavy (non-hydrogen) atoms. The number of anilines is 1. The molecule has 9 heteroatoms. The maximum absolute atomic E-state index is 12.8. The van der Waals surface area contributed by atoms with Gasteiger partial charge >= 0.3 is 0 Å². The minimum atomic E-state index is -0.527. The van der Waals surface area contributed by atoms with Gasteiger partial charge in [-0.3, -0.25) is 19.3 Å². The van der Waals surface area contributed by atoms with Crippen LogP contribution in [0.5, 0.6) is 11.5 Å². The fourth-order valence-electron chi connectivity index (χ4n) is 2.95. The van der Waals surface area contributed by atoms with Crippen molar-refractivity contribution in [3.05, 3.63) is 57.5 Å². The fraction of sp³-hybridized carbons (Fsp3) is 0.292. The van der Waals surface area contributed by atoms with E-state index >= 15 is 0 Å². The zero-order valence-electron chi connectivity index (χ0n) is 18.8. The summed E-state index contributed by atoms with van der Waals surface area (Å²) in [6, 6.07) is 10.4. The summed E-state index contributed by atoms with van der Waals surface area (Å²) in [6.45, 7) is 6.10. The van der Waals surface area contributed by atoms with Gasteiger partial charge in [-0.25, -0.2) is 0 Å². The highest BCUT2D eigenvalue weighted by Gasteiger charge is 2.36. The van der Waals surface area contributed by atoms with E-state index in [1.165, 1.54) is 7.11 Å². The third kappa shape index (κ3) is 6.30. The first-order chi connectivity index (χ1) is 15.7. The number of rotatable bonds is 8. The SMILES string of the molecule is COc1cc(/C=C2\SC(=O)N(CC(=O)Nc3ccc(C)c(Cl)c3)C2=O)ccc1OCC(C)C. The van der Waals surface area contributed by atoms with E-state index in [1.54, 1.807) is 42.5 Å². The highest BCUT2D eigenvalue weighted by molar-refractivity contribution is 8.18. The van der Waals surface area contributed by atoms with Crippen LogP contribution in [0, 0.1) is 12.8 Å². The van der Waals surface area contributed by atoms with Crippen molar-refractivity contribution in [3.8, 4) is 11.5 Å². The molecule has 174 valence electrons. The van der Waals surface area contributed by atoms with Gasteiger partial charge in [0.05, 0.1) is 18.6 Å². The van der Waals surface area contributed by atoms with Gasteiger partial charge in [-0.05, 0) is 66.1 Å². The Morgan fingerprint density at radius 3 is 2.61 bits per heavy atom. The molecule has 1 N–H and O–H groups in total. The fourth-order valence-corrected chi connectivity index (χ4v) is 3.97. The quantitative estimate of drug-likeness (QED) is 0.503. The van der Waals surface area contributed by atoms with Crippen LogP contribution in [0.2, 0.25) is 5.02 Å². The Morgan fingerprint density at radius 1 is 1.18 bits per heavy atom. The van der Waals surface area contributed by atoms with Crippen LogP contribution in [0.1, 0.15) is 25.0 Å². The van der Waals surface area contributed by atoms with Crippen LogP contribution in [-0.4, -0.2) is 42.2 Å². The number of carbonyl (C=O) groups excluding carboxylic acids is 3. The van der Waals surface area contributed by atoms with Crippen molar-refractivity contribution in [2.45, 2.75) is 20.8 Å². The summed E-state index contributed by atoms with van der Waals surface area (Å²) >= 11 is 6.86. The van der Waals surface area contributed by atoms with Crippen molar-refractivity contribution < 1.29 is 23.9 Å². The van der Waals surface area contributed by atoms with Crippen LogP contribution < -0.4 is 14.8 Å². The summed E-state index contributed by atoms with van der Waals surface area (Å²) in [5, 5.41) is 2.66. The van der Waals surface area contributed by atoms with Crippen molar-refractivity contribution >= 4 is 52.2 Å². The summed E-state index contributed by atoms with van der Waals surface area (Å²) in [5.74, 6) is 0.471. The summed E-state index contributed by atoms with van der Waals surface area (Å²) in [4.78, 5) is 38.7. The number of amides is 3. The molecule has 0 radical (unpaired) electrons. The molecule has 0 saturated carbocycles. The van der Waals surface area contributed by atoms with E-state index in [0.717, 1.165) is 22.2 Å². The molecule has 0 aliphatic carbocycles. The molecule has 0 aromatic heterocycles. The third-order valence-corrected chi connectivity index (χ3v) is 6.00. The number of hydrogen-bond acceptors (Lipinski definition) is 6. The van der Waals surface area contributed by atoms with Gasteiger partial charge < -0.3 is 14.8 Å². The van der Waals surface area contributed by atoms with Crippen LogP contribution in [0.4, 0.5) is 10.5 Å². The number of halogens is 1. The highest BCUT2D eigenvalue weighted by atomic mass is 35.5. The lowest BCUT2D eigenvalue weighted by atomic mass is 10.1. The van der Waals surface area contributed by atoms with Gasteiger partial charge in [0.15, 0.2) is 11.5 Å². The molecule has 0 unspecified atom stereocenters. The predicted octanol–water partition coefficient (Wildman–Crippen LogP) is 5.37. The van der Waals surface area contributed by atoms with Crippen molar-refractivity contribution in [2.24, 2.45) is 5.92 Å². The maximum atomic E-state index is 12.8. The van der Waals surface area contributed by atoms with Crippen molar-refractivity contribution in [1.82, 2.24) is 4.90 Å². The number of imide groups is 1. The summed E-state index contributed by atoms with van der Waals surface area (Å²) in [7, 11) is 1.54. The van der Waals surface area contributed by atoms with Crippen LogP contribution in [0.15, 0.2) is 41.3 Å². The lowest BCUT2D eigenvalue weighted by Crippen LogP contribution is -2.36. The maximum Gasteiger partial charge on any atom is 0.294 e. The first-order valence-electron chi connectivity index (χ1n) is 10.3. The number of benzene rings is 2. The van der Waals surface area contributed by atoms with E-state index in [-0.39, 0.29) is 4.91 Å². The topological polar surface area (TPSA) is 84.9 Å². The van der Waals surface area contributed by atoms with E-state index < -0.39 is 23.6 Å². The Balaban J connectivity index is 1.70. The normalized spacial score (nSPS) is 14.8. The van der Waals surface area contributed by atoms with Gasteiger partial charge in [-0.1, -0.05) is 37.6 Å². The van der Waals surface area contributed by atoms with Gasteiger partial charge in [0.25, 0.3) is 11.1 Å². The summed E-state index contributed by atoms with van der Waals surface area (Å²) < 4.78 is 11.1. The summed E-state index contributed by atoms with van der Waals surface area (Å²) in [5.41, 5.74) is 2.04. The predicted molar refractivity (Wildman–Crippen MR) is 131 cm³/mol. The Hall–Kier alpha value is -2.97. The molecule has 7 nitrogen and oxygen atoms in total. The molecule has 3 amide bonds. The molecule has 0 spiro atoms. The number of hydrogen-bond donors (Lipinski definition) is 1. The largest absolute Gasteiger partial charge is 0.493 e. The minimum Gasteiger partial charge on any atom is -0.493 e. The molecule has 2 aromatic carbocycles. The van der Waals surface area contributed by atoms with Gasteiger partial charge in [0.2, 0.25) is 5.91 Å². The number of carbonyl (C=O) groups is 3. The molecule has 1 heterocycles. The second kappa shape index (κ2) is 10.8. The van der Waals surface area contributed by atoms with Crippen LogP contribution in [0.25, 0.3) is 6.08 Å². The van der Waals surface area contributed by atoms with E-state index in [0.29, 0.717) is 40.3 Å². The average molecular weight is 489 g/mol. The van der Waals surface area contributed by atoms with Crippen LogP contribution in [0.3, 0.4) is 0 Å². The molecule has 1 fully saturated rings. The molecular formula is C24H25ClN2O5S. The van der Waals surface area contributed by atoms with E-state index in [4.69, 9.17) is 21.1 Å². The third-order valence-electron chi connectivity index (χ3n) is 4.69. The molecule has 1 saturated heterocycles. The molecule has 3 rings (SSSR count). The lowest BCUT2D eigenvalue weighted by Gasteiger charge is -2.13. The standard InChI is InChI=1S/C24H25ClN2O5S/c1-14(2)13-32-19-8-6-16(9-20(19)31-4)10-21-23(29)27(24(30)33-21)12-22(28)26-17-7-5-15(3)18(25)11-17/h5-11,14H,12-13H2,1-4H3,(H,26,28)/b21-10-. The van der Waals surface area contributed by atoms with Crippen molar-refractivity contribution in [2.75, 3.05) is 25.6 Å². The van der Waals surface area contributed by atoms with Gasteiger partial charge in [0.1, 0.15) is 6.54 Å². The average Bonchev–Trinajstić information content (AvgIpc) is 3.02. The van der Waals surface area contributed by atoms with E-state index in [2.05, 4.69) is 5.32 Å². The second-order valence-corrected chi connectivity index (χ2v) is 9.30. The van der Waals surface area contributed by atoms with Gasteiger partial charge in [-0.15, -0.1) is 0 Å². The molecular weight excluding hydrogens is 464 g/mol. The monoisotopic (exact) mass is 488 g/mol. The Bertz CT molecular complexity index is 1120. The van der Waals surface area contributed by atoms with Crippen LogP contribution in [-0.2, 0) is 9.59 Å². The number of aryl methyl sites for hydroxylation is 1. The first-order valence-corrected chi connectivity index (χ1v) is 11.5. The van der Waals surface area contributed by atoms with Crippen molar-refractivity contribution in [3.63, 3.8) is 0 Å². The smallest absolute Gasteiger partial charge is 0.294 e. The number of nitrogens with zero attached hydrogens (tertiary/aromatic N) is 1. The number of nitrogens with one attached hydrogen (secondary N) is 1. The minimum absolute atomic E-state index is 0.226. The molecule has 1 aliphatic rings. The Labute approximate surface area is 202 Å². The van der Waals surface area contributed by atoms with Crippen molar-refractivity contribution in [1.29, 1.82) is 0 Å². The van der Waals surface area contributed by atoms with Gasteiger partial charge in [-0.2, -0.15) is 0 Å². The number of ether oxygens (including phenoxy) is 2. The first kappa shape index (κ1) is 24.7. The zero-order chi connectivity index (χ0) is 24.1. The molecule has 2 aromatic rings. The zero-order valence-corrected chi connectivity index (χ0v) is 20.4. The summed E-state index contributed by atoms with van der Waals surface area (Å²) in [6.07, 6.45) is 1.59.